The van der Waals surface area contributed by atoms with Gasteiger partial charge in [-0.05, 0) is 43.1 Å². The van der Waals surface area contributed by atoms with Crippen LogP contribution in [-0.2, 0) is 0 Å². The first-order chi connectivity index (χ1) is 7.18. The Morgan fingerprint density at radius 2 is 2.27 bits per heavy atom. The Morgan fingerprint density at radius 1 is 1.47 bits per heavy atom. The van der Waals surface area contributed by atoms with E-state index in [4.69, 9.17) is 0 Å². The molecule has 3 unspecified atom stereocenters. The number of aromatic nitrogens is 2. The third-order valence-corrected chi connectivity index (χ3v) is 4.28. The highest BCUT2D eigenvalue weighted by atomic mass is 32.1. The molecule has 1 fully saturated rings. The summed E-state index contributed by atoms with van der Waals surface area (Å²) in [5.74, 6) is 1.16. The summed E-state index contributed by atoms with van der Waals surface area (Å²) in [5, 5.41) is 14.2. The van der Waals surface area contributed by atoms with Gasteiger partial charge >= 0.3 is 0 Å². The van der Waals surface area contributed by atoms with Crippen LogP contribution in [0, 0.1) is 18.8 Å². The number of aliphatic hydroxyl groups is 1. The normalized spacial score (nSPS) is 29.0. The van der Waals surface area contributed by atoms with Crippen molar-refractivity contribution >= 4 is 11.5 Å². The molecule has 1 aliphatic carbocycles. The predicted molar refractivity (Wildman–Crippen MR) is 60.7 cm³/mol. The summed E-state index contributed by atoms with van der Waals surface area (Å²) in [4.78, 5) is 0.967. The summed E-state index contributed by atoms with van der Waals surface area (Å²) in [6.07, 6.45) is 4.49. The molecular weight excluding hydrogens is 208 g/mol. The molecule has 1 heterocycles. The number of hydrogen-bond acceptors (Lipinski definition) is 4. The van der Waals surface area contributed by atoms with Crippen molar-refractivity contribution in [1.82, 2.24) is 9.59 Å². The number of aliphatic hydroxyl groups excluding tert-OH is 1. The van der Waals surface area contributed by atoms with Crippen LogP contribution >= 0.6 is 11.5 Å². The zero-order valence-electron chi connectivity index (χ0n) is 9.31. The Balaban J connectivity index is 2.07. The summed E-state index contributed by atoms with van der Waals surface area (Å²) in [6.45, 7) is 4.20. The van der Waals surface area contributed by atoms with Crippen molar-refractivity contribution in [2.24, 2.45) is 11.8 Å². The minimum Gasteiger partial charge on any atom is -0.387 e. The topological polar surface area (TPSA) is 46.0 Å². The largest absolute Gasteiger partial charge is 0.387 e. The van der Waals surface area contributed by atoms with E-state index in [2.05, 4.69) is 16.5 Å². The lowest BCUT2D eigenvalue weighted by atomic mass is 9.79. The number of nitrogens with zero attached hydrogens (tertiary/aromatic N) is 2. The lowest BCUT2D eigenvalue weighted by Gasteiger charge is -2.29. The summed E-state index contributed by atoms with van der Waals surface area (Å²) >= 11 is 1.34. The van der Waals surface area contributed by atoms with Crippen LogP contribution in [0.4, 0.5) is 0 Å². The van der Waals surface area contributed by atoms with Crippen molar-refractivity contribution in [1.29, 1.82) is 0 Å². The van der Waals surface area contributed by atoms with Gasteiger partial charge in [0.25, 0.3) is 0 Å². The van der Waals surface area contributed by atoms with E-state index >= 15 is 0 Å². The molecule has 1 saturated carbocycles. The van der Waals surface area contributed by atoms with E-state index in [0.717, 1.165) is 29.3 Å². The van der Waals surface area contributed by atoms with Crippen molar-refractivity contribution < 1.29 is 5.11 Å². The molecule has 1 N–H and O–H groups in total. The third-order valence-electron chi connectivity index (χ3n) is 3.38. The highest BCUT2D eigenvalue weighted by molar-refractivity contribution is 7.05. The Labute approximate surface area is 94.7 Å². The van der Waals surface area contributed by atoms with E-state index in [9.17, 15) is 5.11 Å². The fraction of sp³-hybridized carbons (Fsp3) is 0.818. The van der Waals surface area contributed by atoms with E-state index in [0.29, 0.717) is 5.92 Å². The molecule has 2 rings (SSSR count). The van der Waals surface area contributed by atoms with Crippen LogP contribution < -0.4 is 0 Å². The van der Waals surface area contributed by atoms with E-state index in [-0.39, 0.29) is 6.10 Å². The van der Waals surface area contributed by atoms with Gasteiger partial charge in [-0.3, -0.25) is 0 Å². The standard InChI is InChI=1S/C11H18N2OS/c1-7-4-3-5-9(6-7)10(14)11-8(2)12-13-15-11/h7,9-10,14H,3-6H2,1-2H3. The molecule has 0 amide bonds. The maximum atomic E-state index is 10.3. The van der Waals surface area contributed by atoms with Crippen molar-refractivity contribution in [3.63, 3.8) is 0 Å². The summed E-state index contributed by atoms with van der Waals surface area (Å²) in [7, 11) is 0. The van der Waals surface area contributed by atoms with Crippen LogP contribution in [0.25, 0.3) is 0 Å². The average molecular weight is 226 g/mol. The second kappa shape index (κ2) is 4.58. The maximum absolute atomic E-state index is 10.3. The highest BCUT2D eigenvalue weighted by Gasteiger charge is 2.28. The highest BCUT2D eigenvalue weighted by Crippen LogP contribution is 2.38. The Morgan fingerprint density at radius 3 is 2.87 bits per heavy atom. The van der Waals surface area contributed by atoms with Gasteiger partial charge < -0.3 is 5.11 Å². The first kappa shape index (κ1) is 11.0. The van der Waals surface area contributed by atoms with Gasteiger partial charge in [0.05, 0.1) is 16.7 Å². The lowest BCUT2D eigenvalue weighted by Crippen LogP contribution is -2.20. The van der Waals surface area contributed by atoms with Crippen LogP contribution in [0.15, 0.2) is 0 Å². The van der Waals surface area contributed by atoms with E-state index < -0.39 is 0 Å². The van der Waals surface area contributed by atoms with Crippen molar-refractivity contribution in [3.05, 3.63) is 10.6 Å². The minimum atomic E-state index is -0.340. The van der Waals surface area contributed by atoms with Crippen LogP contribution in [0.5, 0.6) is 0 Å². The van der Waals surface area contributed by atoms with Gasteiger partial charge in [-0.2, -0.15) is 0 Å². The quantitative estimate of drug-likeness (QED) is 0.843. The van der Waals surface area contributed by atoms with E-state index in [1.54, 1.807) is 0 Å². The zero-order chi connectivity index (χ0) is 10.8. The molecule has 1 aliphatic rings. The molecule has 84 valence electrons. The van der Waals surface area contributed by atoms with Gasteiger partial charge in [0.1, 0.15) is 0 Å². The first-order valence-electron chi connectivity index (χ1n) is 5.65. The van der Waals surface area contributed by atoms with Crippen LogP contribution in [0.1, 0.15) is 49.3 Å². The number of rotatable bonds is 2. The second-order valence-electron chi connectivity index (χ2n) is 4.70. The van der Waals surface area contributed by atoms with Gasteiger partial charge in [0.15, 0.2) is 0 Å². The van der Waals surface area contributed by atoms with Crippen LogP contribution in [0.2, 0.25) is 0 Å². The molecule has 15 heavy (non-hydrogen) atoms. The first-order valence-corrected chi connectivity index (χ1v) is 6.42. The maximum Gasteiger partial charge on any atom is 0.0945 e. The van der Waals surface area contributed by atoms with E-state index in [1.807, 2.05) is 6.92 Å². The lowest BCUT2D eigenvalue weighted by molar-refractivity contribution is 0.0736. The molecule has 0 saturated heterocycles. The molecule has 0 aliphatic heterocycles. The molecule has 1 aromatic heterocycles. The Hall–Kier alpha value is -0.480. The fourth-order valence-electron chi connectivity index (χ4n) is 2.49. The second-order valence-corrected chi connectivity index (χ2v) is 5.48. The molecule has 4 heteroatoms. The molecule has 0 aromatic carbocycles. The van der Waals surface area contributed by atoms with Crippen LogP contribution in [-0.4, -0.2) is 14.7 Å². The van der Waals surface area contributed by atoms with Crippen molar-refractivity contribution in [2.45, 2.75) is 45.6 Å². The van der Waals surface area contributed by atoms with Gasteiger partial charge in [-0.15, -0.1) is 5.10 Å². The van der Waals surface area contributed by atoms with Crippen LogP contribution in [0.3, 0.4) is 0 Å². The molecular formula is C11H18N2OS. The summed E-state index contributed by atoms with van der Waals surface area (Å²) < 4.78 is 3.89. The molecule has 3 nitrogen and oxygen atoms in total. The monoisotopic (exact) mass is 226 g/mol. The van der Waals surface area contributed by atoms with Crippen molar-refractivity contribution in [2.75, 3.05) is 0 Å². The van der Waals surface area contributed by atoms with Gasteiger partial charge in [0, 0.05) is 0 Å². The van der Waals surface area contributed by atoms with Gasteiger partial charge in [0.2, 0.25) is 0 Å². The van der Waals surface area contributed by atoms with E-state index in [1.165, 1.54) is 24.4 Å². The SMILES string of the molecule is Cc1nnsc1C(O)C1CCCC(C)C1. The number of aryl methyl sites for hydroxylation is 1. The van der Waals surface area contributed by atoms with Gasteiger partial charge in [-0.25, -0.2) is 0 Å². The Bertz CT molecular complexity index is 326. The number of hydrogen-bond donors (Lipinski definition) is 1. The minimum absolute atomic E-state index is 0.340. The average Bonchev–Trinajstić information content (AvgIpc) is 2.63. The molecule has 3 atom stereocenters. The zero-order valence-corrected chi connectivity index (χ0v) is 10.1. The molecule has 0 spiro atoms. The predicted octanol–water partition coefficient (Wildman–Crippen LogP) is 2.71. The molecule has 1 aromatic rings. The summed E-state index contributed by atoms with van der Waals surface area (Å²) in [5.41, 5.74) is 0.894. The fourth-order valence-corrected chi connectivity index (χ4v) is 3.22. The van der Waals surface area contributed by atoms with Gasteiger partial charge in [-0.1, -0.05) is 24.3 Å². The third kappa shape index (κ3) is 2.37. The van der Waals surface area contributed by atoms with Crippen molar-refractivity contribution in [3.8, 4) is 0 Å². The molecule has 0 radical (unpaired) electrons. The smallest absolute Gasteiger partial charge is 0.0945 e. The Kier molecular flexibility index (Phi) is 3.36. The molecule has 0 bridgehead atoms. The summed E-state index contributed by atoms with van der Waals surface area (Å²) in [6, 6.07) is 0.